The zero-order valence-electron chi connectivity index (χ0n) is 9.71. The van der Waals surface area contributed by atoms with Crippen LogP contribution in [0.4, 0.5) is 18.3 Å². The summed E-state index contributed by atoms with van der Waals surface area (Å²) in [4.78, 5) is 6.41. The van der Waals surface area contributed by atoms with E-state index in [9.17, 15) is 13.2 Å². The first-order chi connectivity index (χ1) is 7.87. The van der Waals surface area contributed by atoms with Gasteiger partial charge in [0.15, 0.2) is 5.13 Å². The minimum absolute atomic E-state index is 0.117. The number of aliphatic hydroxyl groups is 1. The summed E-state index contributed by atoms with van der Waals surface area (Å²) in [5, 5.41) is 9.60. The number of hydrogen-bond donors (Lipinski definition) is 1. The molecule has 0 amide bonds. The predicted molar refractivity (Wildman–Crippen MR) is 61.4 cm³/mol. The van der Waals surface area contributed by atoms with Crippen molar-refractivity contribution in [1.29, 1.82) is 0 Å². The molecule has 0 aromatic carbocycles. The summed E-state index contributed by atoms with van der Waals surface area (Å²) in [6.45, 7) is 1.66. The van der Waals surface area contributed by atoms with Crippen molar-refractivity contribution in [2.45, 2.75) is 32.5 Å². The van der Waals surface area contributed by atoms with Crippen LogP contribution in [0.2, 0.25) is 0 Å². The number of aromatic nitrogens is 1. The summed E-state index contributed by atoms with van der Waals surface area (Å²) in [7, 11) is 1.57. The first kappa shape index (κ1) is 14.2. The second-order valence-corrected chi connectivity index (χ2v) is 4.73. The Labute approximate surface area is 102 Å². The van der Waals surface area contributed by atoms with Crippen LogP contribution >= 0.6 is 11.3 Å². The van der Waals surface area contributed by atoms with Crippen molar-refractivity contribution < 1.29 is 18.3 Å². The fraction of sp³-hybridized carbons (Fsp3) is 0.700. The predicted octanol–water partition coefficient (Wildman–Crippen LogP) is 2.59. The molecule has 7 heteroatoms. The lowest BCUT2D eigenvalue weighted by Crippen LogP contribution is -2.23. The number of halogens is 3. The Morgan fingerprint density at radius 3 is 2.47 bits per heavy atom. The third-order valence-corrected chi connectivity index (χ3v) is 3.50. The molecule has 0 radical (unpaired) electrons. The lowest BCUT2D eigenvalue weighted by atomic mass is 10.3. The largest absolute Gasteiger partial charge is 0.391 e. The molecule has 0 saturated heterocycles. The lowest BCUT2D eigenvalue weighted by Gasteiger charge is -2.16. The molecule has 0 aliphatic heterocycles. The molecule has 0 atom stereocenters. The van der Waals surface area contributed by atoms with Crippen LogP contribution in [0.25, 0.3) is 0 Å². The average molecular weight is 268 g/mol. The number of rotatable bonds is 5. The lowest BCUT2D eigenvalue weighted by molar-refractivity contribution is -0.132. The van der Waals surface area contributed by atoms with Crippen molar-refractivity contribution in [3.8, 4) is 0 Å². The highest BCUT2D eigenvalue weighted by atomic mass is 32.1. The number of hydrogen-bond acceptors (Lipinski definition) is 4. The fourth-order valence-corrected chi connectivity index (χ4v) is 2.32. The van der Waals surface area contributed by atoms with Crippen molar-refractivity contribution in [2.24, 2.45) is 0 Å². The van der Waals surface area contributed by atoms with E-state index in [2.05, 4.69) is 4.98 Å². The van der Waals surface area contributed by atoms with Crippen molar-refractivity contribution in [2.75, 3.05) is 18.5 Å². The van der Waals surface area contributed by atoms with E-state index >= 15 is 0 Å². The van der Waals surface area contributed by atoms with Gasteiger partial charge in [0.2, 0.25) is 0 Å². The van der Waals surface area contributed by atoms with Crippen LogP contribution in [0.5, 0.6) is 0 Å². The van der Waals surface area contributed by atoms with Crippen LogP contribution in [-0.2, 0) is 13.0 Å². The SMILES string of the molecule is CCc1nc(N(C)CCC(F)(F)F)sc1CO. The number of aryl methyl sites for hydroxylation is 1. The van der Waals surface area contributed by atoms with E-state index in [1.54, 1.807) is 7.05 Å². The van der Waals surface area contributed by atoms with E-state index in [4.69, 9.17) is 5.11 Å². The van der Waals surface area contributed by atoms with Gasteiger partial charge in [-0.05, 0) is 6.42 Å². The molecule has 1 rings (SSSR count). The molecule has 0 bridgehead atoms. The third-order valence-electron chi connectivity index (χ3n) is 2.30. The standard InChI is InChI=1S/C10H15F3N2OS/c1-3-7-8(6-16)17-9(14-7)15(2)5-4-10(11,12)13/h16H,3-6H2,1-2H3. The maximum Gasteiger partial charge on any atom is 0.390 e. The molecular formula is C10H15F3N2OS. The smallest absolute Gasteiger partial charge is 0.390 e. The van der Waals surface area contributed by atoms with Crippen LogP contribution in [0, 0.1) is 0 Å². The number of aliphatic hydroxyl groups excluding tert-OH is 1. The molecule has 17 heavy (non-hydrogen) atoms. The molecule has 1 aromatic rings. The first-order valence-electron chi connectivity index (χ1n) is 5.24. The van der Waals surface area contributed by atoms with Crippen LogP contribution in [0.15, 0.2) is 0 Å². The van der Waals surface area contributed by atoms with Gasteiger partial charge < -0.3 is 10.0 Å². The van der Waals surface area contributed by atoms with Gasteiger partial charge in [-0.3, -0.25) is 0 Å². The zero-order chi connectivity index (χ0) is 13.1. The number of alkyl halides is 3. The summed E-state index contributed by atoms with van der Waals surface area (Å²) >= 11 is 1.24. The fourth-order valence-electron chi connectivity index (χ4n) is 1.32. The van der Waals surface area contributed by atoms with Crippen molar-refractivity contribution >= 4 is 16.5 Å². The van der Waals surface area contributed by atoms with Gasteiger partial charge in [-0.2, -0.15) is 13.2 Å². The van der Waals surface area contributed by atoms with Crippen LogP contribution in [0.3, 0.4) is 0 Å². The monoisotopic (exact) mass is 268 g/mol. The van der Waals surface area contributed by atoms with E-state index in [1.807, 2.05) is 6.92 Å². The average Bonchev–Trinajstić information content (AvgIpc) is 2.67. The van der Waals surface area contributed by atoms with E-state index < -0.39 is 12.6 Å². The molecule has 0 fully saturated rings. The molecule has 0 spiro atoms. The summed E-state index contributed by atoms with van der Waals surface area (Å²) < 4.78 is 36.2. The summed E-state index contributed by atoms with van der Waals surface area (Å²) in [5.74, 6) is 0. The highest BCUT2D eigenvalue weighted by molar-refractivity contribution is 7.15. The van der Waals surface area contributed by atoms with Gasteiger partial charge in [-0.25, -0.2) is 4.98 Å². The summed E-state index contributed by atoms with van der Waals surface area (Å²) in [6, 6.07) is 0. The Kier molecular flexibility index (Phi) is 4.76. The Morgan fingerprint density at radius 2 is 2.06 bits per heavy atom. The van der Waals surface area contributed by atoms with E-state index in [-0.39, 0.29) is 13.2 Å². The topological polar surface area (TPSA) is 36.4 Å². The maximum atomic E-state index is 12.1. The van der Waals surface area contributed by atoms with Gasteiger partial charge in [0, 0.05) is 13.6 Å². The number of nitrogens with zero attached hydrogens (tertiary/aromatic N) is 2. The molecule has 0 aliphatic rings. The van der Waals surface area contributed by atoms with E-state index in [0.717, 1.165) is 10.6 Å². The van der Waals surface area contributed by atoms with Crippen LogP contribution < -0.4 is 4.90 Å². The zero-order valence-corrected chi connectivity index (χ0v) is 10.5. The maximum absolute atomic E-state index is 12.1. The molecule has 0 saturated carbocycles. The van der Waals surface area contributed by atoms with Crippen LogP contribution in [0.1, 0.15) is 23.9 Å². The van der Waals surface area contributed by atoms with Gasteiger partial charge in [-0.15, -0.1) is 0 Å². The van der Waals surface area contributed by atoms with Crippen molar-refractivity contribution in [1.82, 2.24) is 4.98 Å². The van der Waals surface area contributed by atoms with Gasteiger partial charge in [0.05, 0.1) is 23.6 Å². The molecule has 0 aliphatic carbocycles. The molecule has 0 unspecified atom stereocenters. The van der Waals surface area contributed by atoms with Crippen LogP contribution in [-0.4, -0.2) is 29.9 Å². The number of thiazole rings is 1. The van der Waals surface area contributed by atoms with Crippen molar-refractivity contribution in [3.63, 3.8) is 0 Å². The molecule has 1 N–H and O–H groups in total. The van der Waals surface area contributed by atoms with Gasteiger partial charge >= 0.3 is 6.18 Å². The summed E-state index contributed by atoms with van der Waals surface area (Å²) in [6.07, 6.45) is -4.35. The molecule has 3 nitrogen and oxygen atoms in total. The van der Waals surface area contributed by atoms with Gasteiger partial charge in [0.1, 0.15) is 0 Å². The summed E-state index contributed by atoms with van der Waals surface area (Å²) in [5.41, 5.74) is 0.756. The Morgan fingerprint density at radius 1 is 1.41 bits per heavy atom. The quantitative estimate of drug-likeness (QED) is 0.891. The number of anilines is 1. The van der Waals surface area contributed by atoms with Gasteiger partial charge in [-0.1, -0.05) is 18.3 Å². The Hall–Kier alpha value is -0.820. The normalized spacial score (nSPS) is 11.9. The Bertz CT molecular complexity index is 343. The second kappa shape index (κ2) is 5.68. The first-order valence-corrected chi connectivity index (χ1v) is 6.06. The molecule has 98 valence electrons. The highest BCUT2D eigenvalue weighted by Gasteiger charge is 2.27. The molecule has 1 heterocycles. The van der Waals surface area contributed by atoms with Gasteiger partial charge in [0.25, 0.3) is 0 Å². The molecular weight excluding hydrogens is 253 g/mol. The van der Waals surface area contributed by atoms with Crippen molar-refractivity contribution in [3.05, 3.63) is 10.6 Å². The highest BCUT2D eigenvalue weighted by Crippen LogP contribution is 2.27. The minimum atomic E-state index is -4.15. The minimum Gasteiger partial charge on any atom is -0.391 e. The third kappa shape index (κ3) is 4.16. The second-order valence-electron chi connectivity index (χ2n) is 3.66. The van der Waals surface area contributed by atoms with E-state index in [0.29, 0.717) is 11.6 Å². The molecule has 1 aromatic heterocycles. The Balaban J connectivity index is 2.69. The van der Waals surface area contributed by atoms with E-state index in [1.165, 1.54) is 16.2 Å².